The third-order valence-electron chi connectivity index (χ3n) is 3.57. The third kappa shape index (κ3) is 4.93. The maximum atomic E-state index is 13.4. The number of carbonyl (C=O) groups excluding carboxylic acids is 1. The monoisotopic (exact) mass is 362 g/mol. The van der Waals surface area contributed by atoms with Crippen LogP contribution in [0.2, 0.25) is 0 Å². The minimum Gasteiger partial charge on any atom is -0.345 e. The van der Waals surface area contributed by atoms with Crippen LogP contribution in [-0.2, 0) is 11.0 Å². The van der Waals surface area contributed by atoms with Gasteiger partial charge in [0.05, 0.1) is 11.6 Å². The molecule has 26 heavy (non-hydrogen) atoms. The first-order chi connectivity index (χ1) is 12.2. The third-order valence-corrected chi connectivity index (χ3v) is 3.57. The fraction of sp³-hybridized carbons (Fsp3) is 0.158. The molecular weight excluding hydrogens is 348 g/mol. The number of benzene rings is 2. The van der Waals surface area contributed by atoms with Crippen molar-refractivity contribution in [2.45, 2.75) is 19.1 Å². The summed E-state index contributed by atoms with van der Waals surface area (Å²) in [5, 5.41) is 11.7. The van der Waals surface area contributed by atoms with Gasteiger partial charge in [0.25, 0.3) is 5.91 Å². The summed E-state index contributed by atoms with van der Waals surface area (Å²) in [6.45, 7) is 1.70. The number of hydrogen-bond donors (Lipinski definition) is 1. The molecule has 0 spiro atoms. The first-order valence-electron chi connectivity index (χ1n) is 7.56. The molecule has 1 unspecified atom stereocenters. The molecule has 1 amide bonds. The molecule has 0 saturated heterocycles. The van der Waals surface area contributed by atoms with Crippen LogP contribution in [0.3, 0.4) is 0 Å². The van der Waals surface area contributed by atoms with Crippen LogP contribution in [0, 0.1) is 17.1 Å². The Morgan fingerprint density at radius 1 is 1.19 bits per heavy atom. The number of halogens is 4. The standard InChI is InChI=1S/C19H14F4N2O/c1-12(14-5-3-2-4-6-14)25-18(26)15(11-24)7-13-8-16(19(21,22)23)10-17(20)9-13/h2-10,12H,1H3,(H,25,26). The molecule has 1 N–H and O–H groups in total. The van der Waals surface area contributed by atoms with E-state index in [1.165, 1.54) is 0 Å². The molecule has 0 heterocycles. The second-order valence-electron chi connectivity index (χ2n) is 5.55. The molecule has 0 aliphatic rings. The SMILES string of the molecule is CC(NC(=O)C(C#N)=Cc1cc(F)cc(C(F)(F)F)c1)c1ccccc1. The lowest BCUT2D eigenvalue weighted by Crippen LogP contribution is -2.27. The summed E-state index contributed by atoms with van der Waals surface area (Å²) in [7, 11) is 0. The topological polar surface area (TPSA) is 52.9 Å². The van der Waals surface area contributed by atoms with Gasteiger partial charge in [0.15, 0.2) is 0 Å². The van der Waals surface area contributed by atoms with Crippen molar-refractivity contribution in [3.8, 4) is 6.07 Å². The van der Waals surface area contributed by atoms with E-state index >= 15 is 0 Å². The van der Waals surface area contributed by atoms with Crippen LogP contribution in [0.25, 0.3) is 6.08 Å². The van der Waals surface area contributed by atoms with E-state index in [-0.39, 0.29) is 5.56 Å². The van der Waals surface area contributed by atoms with Gasteiger partial charge >= 0.3 is 6.18 Å². The maximum absolute atomic E-state index is 13.4. The molecule has 134 valence electrons. The molecule has 0 saturated carbocycles. The first kappa shape index (κ1) is 19.2. The Balaban J connectivity index is 2.26. The van der Waals surface area contributed by atoms with Crippen LogP contribution in [0.4, 0.5) is 17.6 Å². The molecule has 3 nitrogen and oxygen atoms in total. The largest absolute Gasteiger partial charge is 0.416 e. The Morgan fingerprint density at radius 3 is 2.42 bits per heavy atom. The van der Waals surface area contributed by atoms with Gasteiger partial charge in [-0.15, -0.1) is 0 Å². The van der Waals surface area contributed by atoms with Crippen LogP contribution in [0.15, 0.2) is 54.1 Å². The normalized spacial score (nSPS) is 13.0. The molecule has 2 rings (SSSR count). The zero-order valence-corrected chi connectivity index (χ0v) is 13.6. The number of rotatable bonds is 4. The van der Waals surface area contributed by atoms with Crippen LogP contribution in [-0.4, -0.2) is 5.91 Å². The van der Waals surface area contributed by atoms with Crippen LogP contribution < -0.4 is 5.32 Å². The lowest BCUT2D eigenvalue weighted by atomic mass is 10.1. The zero-order chi connectivity index (χ0) is 19.3. The summed E-state index contributed by atoms with van der Waals surface area (Å²) >= 11 is 0. The van der Waals surface area contributed by atoms with E-state index in [0.29, 0.717) is 12.1 Å². The van der Waals surface area contributed by atoms with Gasteiger partial charge in [0.1, 0.15) is 17.5 Å². The van der Waals surface area contributed by atoms with Crippen molar-refractivity contribution >= 4 is 12.0 Å². The molecule has 0 aromatic heterocycles. The Kier molecular flexibility index (Phi) is 5.78. The maximum Gasteiger partial charge on any atom is 0.416 e. The Morgan fingerprint density at radius 2 is 1.85 bits per heavy atom. The highest BCUT2D eigenvalue weighted by Crippen LogP contribution is 2.31. The zero-order valence-electron chi connectivity index (χ0n) is 13.6. The number of alkyl halides is 3. The van der Waals surface area contributed by atoms with Gasteiger partial charge in [-0.05, 0) is 42.3 Å². The molecule has 0 fully saturated rings. The fourth-order valence-corrected chi connectivity index (χ4v) is 2.27. The average molecular weight is 362 g/mol. The van der Waals surface area contributed by atoms with Gasteiger partial charge < -0.3 is 5.32 Å². The summed E-state index contributed by atoms with van der Waals surface area (Å²) in [6, 6.07) is 12.0. The summed E-state index contributed by atoms with van der Waals surface area (Å²) in [5.41, 5.74) is -1.05. The second-order valence-corrected chi connectivity index (χ2v) is 5.55. The van der Waals surface area contributed by atoms with E-state index in [9.17, 15) is 22.4 Å². The molecule has 0 aliphatic carbocycles. The molecule has 0 bridgehead atoms. The Bertz CT molecular complexity index is 867. The molecule has 0 radical (unpaired) electrons. The molecule has 1 atom stereocenters. The molecule has 2 aromatic rings. The molecule has 7 heteroatoms. The van der Waals surface area contributed by atoms with Crippen molar-refractivity contribution in [1.82, 2.24) is 5.32 Å². The number of hydrogen-bond acceptors (Lipinski definition) is 2. The van der Waals surface area contributed by atoms with Crippen LogP contribution >= 0.6 is 0 Å². The van der Waals surface area contributed by atoms with Crippen LogP contribution in [0.1, 0.15) is 29.7 Å². The predicted molar refractivity (Wildman–Crippen MR) is 88.0 cm³/mol. The summed E-state index contributed by atoms with van der Waals surface area (Å²) in [4.78, 5) is 12.2. The highest BCUT2D eigenvalue weighted by Gasteiger charge is 2.31. The number of amides is 1. The van der Waals surface area contributed by atoms with Crippen molar-refractivity contribution in [3.05, 3.63) is 76.6 Å². The lowest BCUT2D eigenvalue weighted by Gasteiger charge is -2.14. The van der Waals surface area contributed by atoms with Crippen molar-refractivity contribution in [3.63, 3.8) is 0 Å². The van der Waals surface area contributed by atoms with E-state index in [1.807, 2.05) is 0 Å². The van der Waals surface area contributed by atoms with E-state index in [4.69, 9.17) is 5.26 Å². The van der Waals surface area contributed by atoms with Crippen LogP contribution in [0.5, 0.6) is 0 Å². The minimum atomic E-state index is -4.73. The minimum absolute atomic E-state index is 0.226. The highest BCUT2D eigenvalue weighted by molar-refractivity contribution is 6.01. The molecule has 2 aromatic carbocycles. The Hall–Kier alpha value is -3.14. The van der Waals surface area contributed by atoms with Crippen molar-refractivity contribution < 1.29 is 22.4 Å². The van der Waals surface area contributed by atoms with Gasteiger partial charge in [-0.2, -0.15) is 18.4 Å². The second kappa shape index (κ2) is 7.83. The average Bonchev–Trinajstić information content (AvgIpc) is 2.59. The van der Waals surface area contributed by atoms with E-state index in [1.54, 1.807) is 43.3 Å². The van der Waals surface area contributed by atoms with E-state index in [2.05, 4.69) is 5.32 Å². The van der Waals surface area contributed by atoms with Gasteiger partial charge in [0, 0.05) is 0 Å². The fourth-order valence-electron chi connectivity index (χ4n) is 2.27. The number of carbonyl (C=O) groups is 1. The van der Waals surface area contributed by atoms with E-state index in [0.717, 1.165) is 17.7 Å². The van der Waals surface area contributed by atoms with Crippen molar-refractivity contribution in [2.24, 2.45) is 0 Å². The van der Waals surface area contributed by atoms with Gasteiger partial charge in [-0.1, -0.05) is 30.3 Å². The van der Waals surface area contributed by atoms with Crippen molar-refractivity contribution in [1.29, 1.82) is 5.26 Å². The van der Waals surface area contributed by atoms with Crippen molar-refractivity contribution in [2.75, 3.05) is 0 Å². The smallest absolute Gasteiger partial charge is 0.345 e. The molecule has 0 aliphatic heterocycles. The summed E-state index contributed by atoms with van der Waals surface area (Å²) < 4.78 is 51.7. The van der Waals surface area contributed by atoms with Gasteiger partial charge in [-0.3, -0.25) is 4.79 Å². The van der Waals surface area contributed by atoms with Gasteiger partial charge in [-0.25, -0.2) is 4.39 Å². The molecular formula is C19H14F4N2O. The number of nitriles is 1. The quantitative estimate of drug-likeness (QED) is 0.490. The Labute approximate surface area is 147 Å². The first-order valence-corrected chi connectivity index (χ1v) is 7.56. The van der Waals surface area contributed by atoms with Gasteiger partial charge in [0.2, 0.25) is 0 Å². The number of nitrogens with one attached hydrogen (secondary N) is 1. The van der Waals surface area contributed by atoms with E-state index < -0.39 is 35.1 Å². The lowest BCUT2D eigenvalue weighted by molar-refractivity contribution is -0.137. The predicted octanol–water partition coefficient (Wildman–Crippen LogP) is 4.63. The highest BCUT2D eigenvalue weighted by atomic mass is 19.4. The summed E-state index contributed by atoms with van der Waals surface area (Å²) in [5.74, 6) is -1.87. The number of nitrogens with zero attached hydrogens (tertiary/aromatic N) is 1. The summed E-state index contributed by atoms with van der Waals surface area (Å²) in [6.07, 6.45) is -3.81.